The topological polar surface area (TPSA) is 82.8 Å². The molecule has 0 amide bonds. The number of nitrogens with one attached hydrogen (secondary N) is 2. The molecule has 4 heterocycles. The molecule has 4 rings (SSSR count). The van der Waals surface area contributed by atoms with Crippen LogP contribution in [0.3, 0.4) is 0 Å². The number of hydrogen-bond acceptors (Lipinski definition) is 6. The van der Waals surface area contributed by atoms with Crippen molar-refractivity contribution in [2.45, 2.75) is 19.5 Å². The molecule has 2 N–H and O–H groups in total. The number of rotatable bonds is 7. The van der Waals surface area contributed by atoms with E-state index in [1.807, 2.05) is 18.5 Å². The lowest BCUT2D eigenvalue weighted by atomic mass is 10.1. The van der Waals surface area contributed by atoms with Crippen molar-refractivity contribution in [3.05, 3.63) is 11.6 Å². The number of methoxy groups -OCH3 is 1. The van der Waals surface area contributed by atoms with Crippen LogP contribution in [-0.2, 0) is 18.3 Å². The molecule has 25 heavy (non-hydrogen) atoms. The van der Waals surface area contributed by atoms with Gasteiger partial charge in [-0.15, -0.1) is 10.2 Å². The molecule has 1 aromatic rings. The van der Waals surface area contributed by atoms with E-state index in [4.69, 9.17) is 4.74 Å². The Kier molecular flexibility index (Phi) is 6.22. The molecule has 3 saturated heterocycles. The number of ether oxygens (including phenoxy) is 1. The molecular weight excluding hydrogens is 320 g/mol. The summed E-state index contributed by atoms with van der Waals surface area (Å²) in [5.74, 6) is 2.56. The van der Waals surface area contributed by atoms with Crippen LogP contribution >= 0.6 is 0 Å². The Morgan fingerprint density at radius 2 is 2.04 bits per heavy atom. The average molecular weight is 350 g/mol. The van der Waals surface area contributed by atoms with Crippen LogP contribution in [0, 0.1) is 6.92 Å². The molecule has 3 aliphatic rings. The Bertz CT molecular complexity index is 579. The minimum absolute atomic E-state index is 0.500. The highest BCUT2D eigenvalue weighted by Crippen LogP contribution is 2.14. The predicted octanol–water partition coefficient (Wildman–Crippen LogP) is -1.20. The highest BCUT2D eigenvalue weighted by Gasteiger charge is 2.31. The van der Waals surface area contributed by atoms with Gasteiger partial charge in [0.2, 0.25) is 0 Å². The predicted molar refractivity (Wildman–Crippen MR) is 96.6 cm³/mol. The molecule has 9 nitrogen and oxygen atoms in total. The number of fused-ring (bicyclic) bond motifs is 3. The van der Waals surface area contributed by atoms with Gasteiger partial charge in [0.05, 0.1) is 6.61 Å². The van der Waals surface area contributed by atoms with E-state index < -0.39 is 0 Å². The van der Waals surface area contributed by atoms with Gasteiger partial charge in [-0.2, -0.15) is 0 Å². The zero-order valence-electron chi connectivity index (χ0n) is 15.5. The van der Waals surface area contributed by atoms with Crippen molar-refractivity contribution in [1.29, 1.82) is 0 Å². The maximum absolute atomic E-state index is 5.13. The lowest BCUT2D eigenvalue weighted by Gasteiger charge is -2.47. The van der Waals surface area contributed by atoms with Gasteiger partial charge in [-0.1, -0.05) is 0 Å². The Labute approximate surface area is 149 Å². The van der Waals surface area contributed by atoms with E-state index in [0.717, 1.165) is 37.2 Å². The average Bonchev–Trinajstić information content (AvgIpc) is 2.96. The summed E-state index contributed by atoms with van der Waals surface area (Å²) in [6, 6.07) is 0.550. The molecule has 2 bridgehead atoms. The number of aryl methyl sites for hydroxylation is 1. The molecular formula is C16H30N8O. The van der Waals surface area contributed by atoms with Crippen LogP contribution in [-0.4, -0.2) is 96.1 Å². The Hall–Kier alpha value is -1.71. The van der Waals surface area contributed by atoms with Crippen molar-refractivity contribution in [3.63, 3.8) is 0 Å². The highest BCUT2D eigenvalue weighted by atomic mass is 16.5. The van der Waals surface area contributed by atoms with Crippen molar-refractivity contribution in [1.82, 2.24) is 35.2 Å². The van der Waals surface area contributed by atoms with Crippen LogP contribution in [0.2, 0.25) is 0 Å². The Balaban J connectivity index is 1.56. The third-order valence-corrected chi connectivity index (χ3v) is 5.06. The molecule has 0 saturated carbocycles. The van der Waals surface area contributed by atoms with E-state index in [1.165, 1.54) is 26.2 Å². The maximum atomic E-state index is 5.13. The molecule has 3 aliphatic heterocycles. The molecule has 1 atom stereocenters. The van der Waals surface area contributed by atoms with E-state index in [9.17, 15) is 0 Å². The van der Waals surface area contributed by atoms with E-state index in [0.29, 0.717) is 19.2 Å². The Morgan fingerprint density at radius 3 is 2.64 bits per heavy atom. The summed E-state index contributed by atoms with van der Waals surface area (Å²) in [5, 5.41) is 15.1. The van der Waals surface area contributed by atoms with Gasteiger partial charge in [0.25, 0.3) is 0 Å². The number of piperazine rings is 3. The van der Waals surface area contributed by atoms with Crippen LogP contribution in [0.15, 0.2) is 4.99 Å². The van der Waals surface area contributed by atoms with Crippen molar-refractivity contribution in [2.24, 2.45) is 12.0 Å². The fourth-order valence-electron chi connectivity index (χ4n) is 3.32. The van der Waals surface area contributed by atoms with E-state index >= 15 is 0 Å². The molecule has 140 valence electrons. The first-order valence-electron chi connectivity index (χ1n) is 8.99. The van der Waals surface area contributed by atoms with Crippen LogP contribution in [0.1, 0.15) is 11.6 Å². The van der Waals surface area contributed by atoms with Gasteiger partial charge in [0, 0.05) is 66.0 Å². The second kappa shape index (κ2) is 8.59. The fraction of sp³-hybridized carbons (Fsp3) is 0.812. The van der Waals surface area contributed by atoms with E-state index in [-0.39, 0.29) is 0 Å². The second-order valence-corrected chi connectivity index (χ2v) is 6.68. The molecule has 1 unspecified atom stereocenters. The Morgan fingerprint density at radius 1 is 1.24 bits per heavy atom. The molecule has 0 spiro atoms. The summed E-state index contributed by atoms with van der Waals surface area (Å²) in [6.45, 7) is 10.6. The summed E-state index contributed by atoms with van der Waals surface area (Å²) < 4.78 is 7.09. The summed E-state index contributed by atoms with van der Waals surface area (Å²) in [7, 11) is 3.67. The monoisotopic (exact) mass is 350 g/mol. The van der Waals surface area contributed by atoms with Gasteiger partial charge < -0.3 is 19.9 Å². The summed E-state index contributed by atoms with van der Waals surface area (Å²) in [4.78, 5) is 9.79. The van der Waals surface area contributed by atoms with Gasteiger partial charge in [0.15, 0.2) is 11.8 Å². The second-order valence-electron chi connectivity index (χ2n) is 6.68. The number of aliphatic imine (C=N–C) groups is 1. The maximum Gasteiger partial charge on any atom is 0.191 e. The zero-order valence-corrected chi connectivity index (χ0v) is 15.5. The van der Waals surface area contributed by atoms with Crippen molar-refractivity contribution in [3.8, 4) is 0 Å². The van der Waals surface area contributed by atoms with Crippen molar-refractivity contribution < 1.29 is 4.74 Å². The standard InChI is InChI=1S/C16H30N8O/c1-13-20-21-15(22(13)2)11-19-16(17-4-9-25-3)18-10-14-12-23-5-7-24(14)8-6-23/h14H,4-12H2,1-3H3,(H2,17,18,19). The van der Waals surface area contributed by atoms with Gasteiger partial charge in [-0.05, 0) is 6.92 Å². The number of guanidine groups is 1. The molecule has 0 radical (unpaired) electrons. The normalized spacial score (nSPS) is 26.0. The molecule has 0 aromatic carbocycles. The minimum Gasteiger partial charge on any atom is -0.383 e. The van der Waals surface area contributed by atoms with E-state index in [1.54, 1.807) is 7.11 Å². The molecule has 1 aromatic heterocycles. The lowest BCUT2D eigenvalue weighted by Crippen LogP contribution is -2.63. The first-order chi connectivity index (χ1) is 12.2. The van der Waals surface area contributed by atoms with Crippen molar-refractivity contribution >= 4 is 5.96 Å². The van der Waals surface area contributed by atoms with Crippen molar-refractivity contribution in [2.75, 3.05) is 59.5 Å². The molecule has 3 fully saturated rings. The number of nitrogens with zero attached hydrogens (tertiary/aromatic N) is 6. The number of aromatic nitrogens is 3. The van der Waals surface area contributed by atoms with E-state index in [2.05, 4.69) is 35.6 Å². The molecule has 9 heteroatoms. The minimum atomic E-state index is 0.500. The lowest BCUT2D eigenvalue weighted by molar-refractivity contribution is 0.0154. The largest absolute Gasteiger partial charge is 0.383 e. The van der Waals surface area contributed by atoms with Gasteiger partial charge in [0.1, 0.15) is 12.4 Å². The summed E-state index contributed by atoms with van der Waals surface area (Å²) in [5.41, 5.74) is 0. The quantitative estimate of drug-likeness (QED) is 0.363. The SMILES string of the molecule is COCCNC(=NCc1nnc(C)n1C)NCC1CN2CCN1CC2. The summed E-state index contributed by atoms with van der Waals surface area (Å²) >= 11 is 0. The third-order valence-electron chi connectivity index (χ3n) is 5.06. The smallest absolute Gasteiger partial charge is 0.191 e. The van der Waals surface area contributed by atoms with Crippen LogP contribution < -0.4 is 10.6 Å². The van der Waals surface area contributed by atoms with Crippen LogP contribution in [0.25, 0.3) is 0 Å². The number of hydrogen-bond donors (Lipinski definition) is 2. The summed E-state index contributed by atoms with van der Waals surface area (Å²) in [6.07, 6.45) is 0. The van der Waals surface area contributed by atoms with Gasteiger partial charge >= 0.3 is 0 Å². The fourth-order valence-corrected chi connectivity index (χ4v) is 3.32. The van der Waals surface area contributed by atoms with Gasteiger partial charge in [-0.3, -0.25) is 9.80 Å². The first kappa shape index (κ1) is 18.1. The third kappa shape index (κ3) is 4.68. The van der Waals surface area contributed by atoms with Crippen LogP contribution in [0.5, 0.6) is 0 Å². The van der Waals surface area contributed by atoms with Gasteiger partial charge in [-0.25, -0.2) is 4.99 Å². The molecule has 0 aliphatic carbocycles. The highest BCUT2D eigenvalue weighted by molar-refractivity contribution is 5.79. The zero-order chi connectivity index (χ0) is 17.6. The first-order valence-corrected chi connectivity index (χ1v) is 8.99. The van der Waals surface area contributed by atoms with Crippen LogP contribution in [0.4, 0.5) is 0 Å².